The van der Waals surface area contributed by atoms with Gasteiger partial charge in [0.25, 0.3) is 0 Å². The summed E-state index contributed by atoms with van der Waals surface area (Å²) in [6.45, 7) is 7.43. The van der Waals surface area contributed by atoms with Crippen LogP contribution in [-0.2, 0) is 4.79 Å². The number of hydrogen-bond donors (Lipinski definition) is 2. The number of hydrogen-bond acceptors (Lipinski definition) is 2. The highest BCUT2D eigenvalue weighted by molar-refractivity contribution is 5.66. The summed E-state index contributed by atoms with van der Waals surface area (Å²) < 4.78 is 0. The Morgan fingerprint density at radius 3 is 2.44 bits per heavy atom. The summed E-state index contributed by atoms with van der Waals surface area (Å²) in [4.78, 5) is 11.0. The van der Waals surface area contributed by atoms with E-state index >= 15 is 0 Å². The molecule has 0 bridgehead atoms. The van der Waals surface area contributed by atoms with Gasteiger partial charge in [-0.25, -0.2) is 0 Å². The molecule has 0 amide bonds. The lowest BCUT2D eigenvalue weighted by Gasteiger charge is -2.61. The number of carbonyl (C=O) groups is 1. The van der Waals surface area contributed by atoms with E-state index in [0.29, 0.717) is 29.1 Å². The van der Waals surface area contributed by atoms with Crippen molar-refractivity contribution in [2.75, 3.05) is 0 Å². The summed E-state index contributed by atoms with van der Waals surface area (Å²) in [6, 6.07) is 0. The van der Waals surface area contributed by atoms with Gasteiger partial charge in [-0.1, -0.05) is 20.8 Å². The van der Waals surface area contributed by atoms with Crippen LogP contribution in [0.15, 0.2) is 0 Å². The molecular weight excluding hydrogens is 336 g/mol. The first-order valence-corrected chi connectivity index (χ1v) is 11.7. The van der Waals surface area contributed by atoms with Gasteiger partial charge in [0.1, 0.15) is 0 Å². The Morgan fingerprint density at radius 2 is 1.70 bits per heavy atom. The molecule has 9 atom stereocenters. The first-order valence-electron chi connectivity index (χ1n) is 11.7. The van der Waals surface area contributed by atoms with Crippen LogP contribution in [0.4, 0.5) is 0 Å². The topological polar surface area (TPSA) is 57.5 Å². The number of carboxylic acids is 1. The molecule has 2 N–H and O–H groups in total. The standard InChI is InChI=1S/C24H40O3/c1-15(4-9-22(26)27)19-7-8-20-18-6-5-16-14-17(25)10-12-23(16,2)21(18)11-13-24(19,20)3/h15-21,25H,4-14H2,1-3H3,(H,26,27)/t15-,16?,17?,18?,19?,20?,21?,23+,24-/m1/s1. The summed E-state index contributed by atoms with van der Waals surface area (Å²) in [7, 11) is 0. The van der Waals surface area contributed by atoms with Crippen molar-refractivity contribution in [1.29, 1.82) is 0 Å². The van der Waals surface area contributed by atoms with E-state index in [1.165, 1.54) is 44.9 Å². The fraction of sp³-hybridized carbons (Fsp3) is 0.958. The third-order valence-electron chi connectivity index (χ3n) is 10.2. The van der Waals surface area contributed by atoms with Crippen molar-refractivity contribution in [3.8, 4) is 0 Å². The molecule has 4 aliphatic carbocycles. The maximum Gasteiger partial charge on any atom is 0.303 e. The Morgan fingerprint density at radius 1 is 1.00 bits per heavy atom. The van der Waals surface area contributed by atoms with Gasteiger partial charge in [-0.05, 0) is 111 Å². The third-order valence-corrected chi connectivity index (χ3v) is 10.2. The highest BCUT2D eigenvalue weighted by Gasteiger charge is 2.60. The summed E-state index contributed by atoms with van der Waals surface area (Å²) in [6.07, 6.45) is 12.4. The van der Waals surface area contributed by atoms with E-state index in [1.807, 2.05) is 0 Å². The van der Waals surface area contributed by atoms with Gasteiger partial charge in [0.05, 0.1) is 6.10 Å². The smallest absolute Gasteiger partial charge is 0.303 e. The zero-order valence-corrected chi connectivity index (χ0v) is 17.6. The quantitative estimate of drug-likeness (QED) is 0.680. The third kappa shape index (κ3) is 3.16. The van der Waals surface area contributed by atoms with Crippen molar-refractivity contribution >= 4 is 5.97 Å². The van der Waals surface area contributed by atoms with Gasteiger partial charge >= 0.3 is 5.97 Å². The molecular formula is C24H40O3. The van der Waals surface area contributed by atoms with E-state index in [-0.39, 0.29) is 6.10 Å². The minimum absolute atomic E-state index is 0.0561. The van der Waals surface area contributed by atoms with Crippen molar-refractivity contribution in [1.82, 2.24) is 0 Å². The van der Waals surface area contributed by atoms with Gasteiger partial charge in [0, 0.05) is 6.42 Å². The van der Waals surface area contributed by atoms with Crippen molar-refractivity contribution < 1.29 is 15.0 Å². The van der Waals surface area contributed by atoms with Gasteiger partial charge < -0.3 is 10.2 Å². The van der Waals surface area contributed by atoms with Crippen LogP contribution in [0.3, 0.4) is 0 Å². The van der Waals surface area contributed by atoms with Crippen molar-refractivity contribution in [2.24, 2.45) is 46.3 Å². The zero-order valence-electron chi connectivity index (χ0n) is 17.6. The molecule has 0 spiro atoms. The van der Waals surface area contributed by atoms with E-state index in [9.17, 15) is 9.90 Å². The van der Waals surface area contributed by atoms with Crippen LogP contribution in [0, 0.1) is 46.3 Å². The molecule has 27 heavy (non-hydrogen) atoms. The average molecular weight is 377 g/mol. The Bertz CT molecular complexity index is 574. The monoisotopic (exact) mass is 376 g/mol. The SMILES string of the molecule is C[C@H](CCC(=O)O)C1CCC2C3CCC4CC(O)CC[C@]4(C)C3CC[C@@]21C. The number of aliphatic hydroxyl groups is 1. The maximum atomic E-state index is 11.0. The fourth-order valence-corrected chi connectivity index (χ4v) is 8.76. The second kappa shape index (κ2) is 7.04. The van der Waals surface area contributed by atoms with E-state index in [1.54, 1.807) is 0 Å². The van der Waals surface area contributed by atoms with E-state index in [2.05, 4.69) is 20.8 Å². The number of fused-ring (bicyclic) bond motifs is 5. The number of rotatable bonds is 4. The molecule has 4 saturated carbocycles. The number of aliphatic hydroxyl groups excluding tert-OH is 1. The van der Waals surface area contributed by atoms with Gasteiger partial charge in [-0.2, -0.15) is 0 Å². The van der Waals surface area contributed by atoms with E-state index < -0.39 is 5.97 Å². The molecule has 3 nitrogen and oxygen atoms in total. The molecule has 4 rings (SSSR count). The van der Waals surface area contributed by atoms with Crippen LogP contribution in [0.2, 0.25) is 0 Å². The Kier molecular flexibility index (Phi) is 5.15. The van der Waals surface area contributed by atoms with Crippen LogP contribution in [0.5, 0.6) is 0 Å². The van der Waals surface area contributed by atoms with Gasteiger partial charge in [-0.15, -0.1) is 0 Å². The second-order valence-corrected chi connectivity index (χ2v) is 11.2. The molecule has 3 heteroatoms. The molecule has 0 heterocycles. The minimum atomic E-state index is -0.643. The zero-order chi connectivity index (χ0) is 19.4. The molecule has 4 fully saturated rings. The summed E-state index contributed by atoms with van der Waals surface area (Å²) in [5, 5.41) is 19.3. The maximum absolute atomic E-state index is 11.0. The molecule has 0 radical (unpaired) electrons. The average Bonchev–Trinajstić information content (AvgIpc) is 2.97. The van der Waals surface area contributed by atoms with Crippen molar-refractivity contribution in [3.05, 3.63) is 0 Å². The second-order valence-electron chi connectivity index (χ2n) is 11.2. The highest BCUT2D eigenvalue weighted by atomic mass is 16.4. The summed E-state index contributed by atoms with van der Waals surface area (Å²) in [5.41, 5.74) is 0.882. The normalized spacial score (nSPS) is 50.4. The van der Waals surface area contributed by atoms with Crippen molar-refractivity contribution in [3.63, 3.8) is 0 Å². The first-order chi connectivity index (χ1) is 12.8. The van der Waals surface area contributed by atoms with Gasteiger partial charge in [-0.3, -0.25) is 4.79 Å². The van der Waals surface area contributed by atoms with Crippen LogP contribution >= 0.6 is 0 Å². The van der Waals surface area contributed by atoms with E-state index in [4.69, 9.17) is 5.11 Å². The first kappa shape index (κ1) is 19.7. The van der Waals surface area contributed by atoms with Crippen molar-refractivity contribution in [2.45, 2.75) is 97.5 Å². The summed E-state index contributed by atoms with van der Waals surface area (Å²) >= 11 is 0. The Labute approximate surface area is 165 Å². The van der Waals surface area contributed by atoms with Crippen LogP contribution < -0.4 is 0 Å². The van der Waals surface area contributed by atoms with Gasteiger partial charge in [0.2, 0.25) is 0 Å². The Balaban J connectivity index is 1.51. The molecule has 0 aromatic rings. The molecule has 6 unspecified atom stereocenters. The predicted molar refractivity (Wildman–Crippen MR) is 107 cm³/mol. The molecule has 0 aliphatic heterocycles. The minimum Gasteiger partial charge on any atom is -0.481 e. The lowest BCUT2D eigenvalue weighted by Crippen LogP contribution is -2.54. The van der Waals surface area contributed by atoms with Crippen LogP contribution in [0.1, 0.15) is 91.4 Å². The Hall–Kier alpha value is -0.570. The highest BCUT2D eigenvalue weighted by Crippen LogP contribution is 2.68. The molecule has 154 valence electrons. The molecule has 0 saturated heterocycles. The molecule has 0 aromatic heterocycles. The molecule has 4 aliphatic rings. The lowest BCUT2D eigenvalue weighted by molar-refractivity contribution is -0.138. The number of carboxylic acid groups (broad SMARTS) is 1. The fourth-order valence-electron chi connectivity index (χ4n) is 8.76. The van der Waals surface area contributed by atoms with Gasteiger partial charge in [0.15, 0.2) is 0 Å². The lowest BCUT2D eigenvalue weighted by atomic mass is 9.44. The largest absolute Gasteiger partial charge is 0.481 e. The van der Waals surface area contributed by atoms with E-state index in [0.717, 1.165) is 42.9 Å². The predicted octanol–water partition coefficient (Wildman–Crippen LogP) is 5.51. The van der Waals surface area contributed by atoms with Crippen LogP contribution in [-0.4, -0.2) is 22.3 Å². The summed E-state index contributed by atoms with van der Waals surface area (Å²) in [5.74, 6) is 3.91. The van der Waals surface area contributed by atoms with Crippen LogP contribution in [0.25, 0.3) is 0 Å². The molecule has 0 aromatic carbocycles. The number of aliphatic carboxylic acids is 1.